The topological polar surface area (TPSA) is 358 Å². The zero-order valence-corrected chi connectivity index (χ0v) is 29.5. The molecule has 0 atom stereocenters. The third-order valence-electron chi connectivity index (χ3n) is 6.22. The number of guanidine groups is 2. The van der Waals surface area contributed by atoms with Crippen LogP contribution < -0.4 is 23.2 Å². The molecular formula is C30H34N12O10S2. The van der Waals surface area contributed by atoms with E-state index in [-0.39, 0.29) is 23.3 Å². The number of nitro benzene ring substituents is 2. The smallest absolute Gasteiger partial charge is 0.293 e. The lowest BCUT2D eigenvalue weighted by atomic mass is 10.2. The van der Waals surface area contributed by atoms with Gasteiger partial charge in [0, 0.05) is 48.3 Å². The van der Waals surface area contributed by atoms with E-state index in [1.165, 1.54) is 24.6 Å². The van der Waals surface area contributed by atoms with Gasteiger partial charge in [-0.25, -0.2) is 9.98 Å². The first-order valence-corrected chi connectivity index (χ1v) is 17.9. The lowest BCUT2D eigenvalue weighted by Crippen LogP contribution is -2.15. The van der Waals surface area contributed by atoms with Crippen molar-refractivity contribution in [3.8, 4) is 11.4 Å². The lowest BCUT2D eigenvalue weighted by molar-refractivity contribution is -0.384. The second-order valence-electron chi connectivity index (χ2n) is 9.92. The molecule has 0 aliphatic rings. The van der Waals surface area contributed by atoms with Gasteiger partial charge in [0.2, 0.25) is 11.9 Å². The highest BCUT2D eigenvalue weighted by molar-refractivity contribution is 7.89. The van der Waals surface area contributed by atoms with Gasteiger partial charge in [-0.1, -0.05) is 24.3 Å². The molecule has 4 aromatic rings. The number of nitro groups is 2. The second kappa shape index (κ2) is 20.7. The van der Waals surface area contributed by atoms with Crippen LogP contribution in [0.15, 0.2) is 118 Å². The molecule has 10 N–H and O–H groups in total. The summed E-state index contributed by atoms with van der Waals surface area (Å²) in [5, 5.41) is 28.6. The van der Waals surface area contributed by atoms with Crippen LogP contribution in [0.25, 0.3) is 23.5 Å². The van der Waals surface area contributed by atoms with Crippen molar-refractivity contribution >= 4 is 68.1 Å². The maximum Gasteiger partial charge on any atom is 0.293 e. The van der Waals surface area contributed by atoms with Gasteiger partial charge in [-0.3, -0.25) is 29.3 Å². The number of nitrogens with zero attached hydrogens (tertiary/aromatic N) is 8. The summed E-state index contributed by atoms with van der Waals surface area (Å²) in [5.41, 5.74) is 13.2. The zero-order chi connectivity index (χ0) is 40.3. The summed E-state index contributed by atoms with van der Waals surface area (Å²) in [6.07, 6.45) is 13.1. The van der Waals surface area contributed by atoms with Gasteiger partial charge in [-0.05, 0) is 60.7 Å². The van der Waals surface area contributed by atoms with E-state index in [0.717, 1.165) is 11.4 Å². The molecule has 2 aromatic carbocycles. The Hall–Kier alpha value is -7.02. The SMILES string of the molecule is NN=C(N)N=CC=Cc1cccn1-c1ccccc1[N+](=O)[O-].NN=C(N)N=CC=Cc1cccn1-c1ccccc1[N+](=O)[O-].O=S(=O)(O)CCS(=O)(=O)O. The molecule has 0 radical (unpaired) electrons. The van der Waals surface area contributed by atoms with Crippen LogP contribution in [0, 0.1) is 20.2 Å². The van der Waals surface area contributed by atoms with Crippen molar-refractivity contribution in [3.63, 3.8) is 0 Å². The van der Waals surface area contributed by atoms with E-state index in [2.05, 4.69) is 20.2 Å². The Balaban J connectivity index is 0.000000301. The minimum atomic E-state index is -4.30. The third kappa shape index (κ3) is 15.1. The molecule has 0 amide bonds. The van der Waals surface area contributed by atoms with Crippen molar-refractivity contribution in [1.82, 2.24) is 9.13 Å². The predicted molar refractivity (Wildman–Crippen MR) is 204 cm³/mol. The number of hydrogen-bond donors (Lipinski definition) is 6. The molecule has 2 aromatic heterocycles. The van der Waals surface area contributed by atoms with Gasteiger partial charge in [-0.15, -0.1) is 10.2 Å². The summed E-state index contributed by atoms with van der Waals surface area (Å²) in [4.78, 5) is 28.9. The third-order valence-corrected chi connectivity index (χ3v) is 7.92. The first-order chi connectivity index (χ1) is 25.5. The van der Waals surface area contributed by atoms with Crippen LogP contribution in [0.3, 0.4) is 0 Å². The molecule has 0 spiro atoms. The highest BCUT2D eigenvalue weighted by Gasteiger charge is 2.16. The summed E-state index contributed by atoms with van der Waals surface area (Å²) < 4.78 is 58.8. The van der Waals surface area contributed by atoms with Gasteiger partial charge in [0.15, 0.2) is 0 Å². The Morgan fingerprint density at radius 1 is 0.648 bits per heavy atom. The average molecular weight is 787 g/mol. The fourth-order valence-electron chi connectivity index (χ4n) is 3.94. The normalized spacial score (nSPS) is 12.5. The van der Waals surface area contributed by atoms with Crippen LogP contribution >= 0.6 is 0 Å². The number of aromatic nitrogens is 2. The largest absolute Gasteiger partial charge is 0.367 e. The van der Waals surface area contributed by atoms with Crippen molar-refractivity contribution in [2.45, 2.75) is 0 Å². The van der Waals surface area contributed by atoms with Crippen LogP contribution in [0.4, 0.5) is 11.4 Å². The number of hydrazone groups is 2. The molecule has 0 aliphatic carbocycles. The average Bonchev–Trinajstić information content (AvgIpc) is 3.80. The first-order valence-electron chi connectivity index (χ1n) is 14.7. The maximum absolute atomic E-state index is 11.1. The Morgan fingerprint density at radius 2 is 1.00 bits per heavy atom. The number of para-hydroxylation sites is 4. The Bertz CT molecular complexity index is 2150. The van der Waals surface area contributed by atoms with Crippen LogP contribution in [0.5, 0.6) is 0 Å². The van der Waals surface area contributed by atoms with Gasteiger partial charge in [-0.2, -0.15) is 16.8 Å². The van der Waals surface area contributed by atoms with Crippen LogP contribution in [0.1, 0.15) is 11.4 Å². The number of benzene rings is 2. The Kier molecular flexibility index (Phi) is 16.6. The highest BCUT2D eigenvalue weighted by atomic mass is 32.2. The second-order valence-corrected chi connectivity index (χ2v) is 13.1. The van der Waals surface area contributed by atoms with Crippen molar-refractivity contribution in [2.75, 3.05) is 11.5 Å². The molecule has 24 heteroatoms. The number of nitrogens with two attached hydrogens (primary N) is 4. The minimum Gasteiger partial charge on any atom is -0.367 e. The molecule has 286 valence electrons. The highest BCUT2D eigenvalue weighted by Crippen LogP contribution is 2.25. The molecule has 54 heavy (non-hydrogen) atoms. The van der Waals surface area contributed by atoms with Gasteiger partial charge in [0.25, 0.3) is 31.6 Å². The van der Waals surface area contributed by atoms with Crippen molar-refractivity contribution < 1.29 is 35.8 Å². The minimum absolute atomic E-state index is 0.0292. The first kappa shape index (κ1) is 43.1. The van der Waals surface area contributed by atoms with Gasteiger partial charge in [0.05, 0.1) is 21.4 Å². The summed E-state index contributed by atoms with van der Waals surface area (Å²) in [6.45, 7) is 0. The predicted octanol–water partition coefficient (Wildman–Crippen LogP) is 2.08. The van der Waals surface area contributed by atoms with Crippen molar-refractivity contribution in [3.05, 3.63) is 129 Å². The molecular weight excluding hydrogens is 753 g/mol. The van der Waals surface area contributed by atoms with Crippen LogP contribution in [-0.2, 0) is 20.2 Å². The number of allylic oxidation sites excluding steroid dienone is 2. The van der Waals surface area contributed by atoms with Crippen LogP contribution in [-0.4, -0.2) is 80.8 Å². The summed E-state index contributed by atoms with van der Waals surface area (Å²) in [5.74, 6) is 7.86. The van der Waals surface area contributed by atoms with Crippen molar-refractivity contribution in [2.24, 2.45) is 43.3 Å². The fourth-order valence-corrected chi connectivity index (χ4v) is 5.63. The molecule has 0 aliphatic heterocycles. The number of hydrogen-bond acceptors (Lipinski definition) is 12. The van der Waals surface area contributed by atoms with Gasteiger partial charge in [0.1, 0.15) is 11.4 Å². The standard InChI is InChI=1S/2C14H14N6O2.C2H6O6S2/c2*15-14(18-16)17-9-3-5-11-6-4-10-19(11)12-7-1-2-8-13(12)20(21)22;3-9(4,5)1-2-10(6,7)8/h2*1-10H,16H2,(H2,15,18);1-2H2,(H,3,4,5)(H,6,7,8). The molecule has 0 bridgehead atoms. The molecule has 22 nitrogen and oxygen atoms in total. The van der Waals surface area contributed by atoms with Crippen molar-refractivity contribution in [1.29, 1.82) is 0 Å². The van der Waals surface area contributed by atoms with Crippen LogP contribution in [0.2, 0.25) is 0 Å². The van der Waals surface area contributed by atoms with E-state index in [9.17, 15) is 37.1 Å². The zero-order valence-electron chi connectivity index (χ0n) is 27.8. The summed E-state index contributed by atoms with van der Waals surface area (Å²) in [6, 6.07) is 20.3. The number of aliphatic imine (C=N–C) groups is 2. The molecule has 0 saturated heterocycles. The van der Waals surface area contributed by atoms with Gasteiger partial charge < -0.3 is 32.3 Å². The Morgan fingerprint density at radius 3 is 1.31 bits per heavy atom. The maximum atomic E-state index is 11.1. The van der Waals surface area contributed by atoms with E-state index >= 15 is 0 Å². The lowest BCUT2D eigenvalue weighted by Gasteiger charge is -2.06. The fraction of sp³-hybridized carbons (Fsp3) is 0.0667. The molecule has 4 rings (SSSR count). The molecule has 0 unspecified atom stereocenters. The quantitative estimate of drug-likeness (QED) is 0.0317. The van der Waals surface area contributed by atoms with Gasteiger partial charge >= 0.3 is 0 Å². The summed E-state index contributed by atoms with van der Waals surface area (Å²) >= 11 is 0. The number of rotatable bonds is 11. The van der Waals surface area contributed by atoms with E-state index < -0.39 is 41.6 Å². The van der Waals surface area contributed by atoms with E-state index in [4.69, 9.17) is 32.3 Å². The Labute approximate surface area is 307 Å². The molecule has 0 saturated carbocycles. The molecule has 2 heterocycles. The van der Waals surface area contributed by atoms with E-state index in [1.807, 2.05) is 12.1 Å². The van der Waals surface area contributed by atoms with E-state index in [1.54, 1.807) is 94.4 Å². The van der Waals surface area contributed by atoms with E-state index in [0.29, 0.717) is 11.4 Å². The summed E-state index contributed by atoms with van der Waals surface area (Å²) in [7, 11) is -8.59. The monoisotopic (exact) mass is 786 g/mol. The molecule has 0 fully saturated rings.